The van der Waals surface area contributed by atoms with Crippen LogP contribution in [0.25, 0.3) is 33.0 Å². The zero-order valence-corrected chi connectivity index (χ0v) is 23.1. The third-order valence-corrected chi connectivity index (χ3v) is 8.60. The van der Waals surface area contributed by atoms with Gasteiger partial charge in [0.05, 0.1) is 5.41 Å². The summed E-state index contributed by atoms with van der Waals surface area (Å²) in [6.45, 7) is 0. The first kappa shape index (κ1) is 24.4. The van der Waals surface area contributed by atoms with Crippen molar-refractivity contribution in [1.29, 1.82) is 0 Å². The zero-order chi connectivity index (χ0) is 27.9. The Labute approximate surface area is 246 Å². The van der Waals surface area contributed by atoms with E-state index in [0.717, 1.165) is 28.2 Å². The van der Waals surface area contributed by atoms with Crippen molar-refractivity contribution < 1.29 is 4.74 Å². The van der Waals surface area contributed by atoms with E-state index >= 15 is 0 Å². The second-order valence-corrected chi connectivity index (χ2v) is 10.9. The lowest BCUT2D eigenvalue weighted by Crippen LogP contribution is -2.34. The van der Waals surface area contributed by atoms with Gasteiger partial charge in [-0.05, 0) is 68.4 Å². The summed E-state index contributed by atoms with van der Waals surface area (Å²) in [6, 6.07) is 60.9. The summed E-state index contributed by atoms with van der Waals surface area (Å²) in [6.07, 6.45) is 0. The van der Waals surface area contributed by atoms with E-state index in [4.69, 9.17) is 4.74 Å². The van der Waals surface area contributed by atoms with Crippen LogP contribution in [0.3, 0.4) is 0 Å². The molecule has 0 bridgehead atoms. The quantitative estimate of drug-likeness (QED) is 0.217. The van der Waals surface area contributed by atoms with Crippen LogP contribution in [0.2, 0.25) is 0 Å². The third-order valence-electron chi connectivity index (χ3n) is 8.60. The van der Waals surface area contributed by atoms with Crippen molar-refractivity contribution in [1.82, 2.24) is 0 Å². The average molecular weight is 537 g/mol. The summed E-state index contributed by atoms with van der Waals surface area (Å²) in [5, 5.41) is 2.51. The SMILES string of the molecule is c1ccc(C2(c3ccccc3)c3ccccc3Oc3ccc(-c4cccc(-c5cccc6ccccc56)c4)cc32)cc1. The van der Waals surface area contributed by atoms with Gasteiger partial charge in [0, 0.05) is 11.1 Å². The second kappa shape index (κ2) is 9.90. The van der Waals surface area contributed by atoms with Crippen LogP contribution in [0.1, 0.15) is 22.3 Å². The highest BCUT2D eigenvalue weighted by atomic mass is 16.5. The number of fused-ring (bicyclic) bond motifs is 3. The topological polar surface area (TPSA) is 9.23 Å². The van der Waals surface area contributed by atoms with Crippen LogP contribution in [0.15, 0.2) is 170 Å². The largest absolute Gasteiger partial charge is 0.457 e. The van der Waals surface area contributed by atoms with Gasteiger partial charge in [-0.3, -0.25) is 0 Å². The molecule has 0 aliphatic carbocycles. The number of rotatable bonds is 4. The zero-order valence-electron chi connectivity index (χ0n) is 23.1. The normalized spacial score (nSPS) is 13.1. The molecule has 1 heteroatoms. The fourth-order valence-electron chi connectivity index (χ4n) is 6.73. The lowest BCUT2D eigenvalue weighted by molar-refractivity contribution is 0.434. The second-order valence-electron chi connectivity index (χ2n) is 10.9. The molecule has 1 aliphatic rings. The fourth-order valence-corrected chi connectivity index (χ4v) is 6.73. The predicted molar refractivity (Wildman–Crippen MR) is 173 cm³/mol. The molecule has 8 rings (SSSR count). The maximum atomic E-state index is 6.61. The summed E-state index contributed by atoms with van der Waals surface area (Å²) >= 11 is 0. The van der Waals surface area contributed by atoms with Crippen molar-refractivity contribution in [3.8, 4) is 33.8 Å². The Balaban J connectivity index is 1.37. The van der Waals surface area contributed by atoms with E-state index in [1.165, 1.54) is 38.6 Å². The highest BCUT2D eigenvalue weighted by Crippen LogP contribution is 2.55. The van der Waals surface area contributed by atoms with Gasteiger partial charge in [0.25, 0.3) is 0 Å². The standard InChI is InChI=1S/C41H28O/c1-3-17-33(18-4-1)41(34-19-5-2-6-20-34)37-23-9-10-24-39(37)42-40-26-25-31(28-38(40)41)30-15-11-16-32(27-30)36-22-12-14-29-13-7-8-21-35(29)36/h1-28H. The summed E-state index contributed by atoms with van der Waals surface area (Å²) in [5.41, 5.74) is 8.99. The van der Waals surface area contributed by atoms with Gasteiger partial charge in [0.1, 0.15) is 11.5 Å². The van der Waals surface area contributed by atoms with Gasteiger partial charge < -0.3 is 4.74 Å². The van der Waals surface area contributed by atoms with E-state index in [2.05, 4.69) is 170 Å². The molecule has 0 atom stereocenters. The summed E-state index contributed by atoms with van der Waals surface area (Å²) in [5.74, 6) is 1.78. The van der Waals surface area contributed by atoms with E-state index in [0.29, 0.717) is 0 Å². The third kappa shape index (κ3) is 3.78. The molecular weight excluding hydrogens is 508 g/mol. The Morgan fingerprint density at radius 1 is 0.381 bits per heavy atom. The Morgan fingerprint density at radius 3 is 1.79 bits per heavy atom. The molecule has 0 fully saturated rings. The van der Waals surface area contributed by atoms with E-state index in [9.17, 15) is 0 Å². The molecule has 198 valence electrons. The molecule has 42 heavy (non-hydrogen) atoms. The first-order valence-electron chi connectivity index (χ1n) is 14.4. The van der Waals surface area contributed by atoms with Crippen LogP contribution in [0.4, 0.5) is 0 Å². The summed E-state index contributed by atoms with van der Waals surface area (Å²) < 4.78 is 6.61. The monoisotopic (exact) mass is 536 g/mol. The summed E-state index contributed by atoms with van der Waals surface area (Å²) in [7, 11) is 0. The van der Waals surface area contributed by atoms with Crippen molar-refractivity contribution in [2.75, 3.05) is 0 Å². The predicted octanol–water partition coefficient (Wildman–Crippen LogP) is 10.7. The van der Waals surface area contributed by atoms with Crippen molar-refractivity contribution in [2.45, 2.75) is 5.41 Å². The van der Waals surface area contributed by atoms with Crippen LogP contribution in [0.5, 0.6) is 11.5 Å². The Hall–Kier alpha value is -5.40. The maximum Gasteiger partial charge on any atom is 0.132 e. The van der Waals surface area contributed by atoms with Crippen LogP contribution in [-0.2, 0) is 5.41 Å². The average Bonchev–Trinajstić information content (AvgIpc) is 3.07. The van der Waals surface area contributed by atoms with Crippen molar-refractivity contribution in [2.24, 2.45) is 0 Å². The van der Waals surface area contributed by atoms with E-state index < -0.39 is 5.41 Å². The first-order chi connectivity index (χ1) is 20.8. The molecule has 1 aliphatic heterocycles. The highest BCUT2D eigenvalue weighted by molar-refractivity contribution is 5.97. The van der Waals surface area contributed by atoms with E-state index in [-0.39, 0.29) is 0 Å². The Bertz CT molecular complexity index is 2010. The molecule has 0 unspecified atom stereocenters. The Kier molecular flexibility index (Phi) is 5.75. The summed E-state index contributed by atoms with van der Waals surface area (Å²) in [4.78, 5) is 0. The molecule has 1 heterocycles. The smallest absolute Gasteiger partial charge is 0.132 e. The molecule has 0 N–H and O–H groups in total. The van der Waals surface area contributed by atoms with Gasteiger partial charge in [0.2, 0.25) is 0 Å². The lowest BCUT2D eigenvalue weighted by Gasteiger charge is -2.41. The molecule has 0 radical (unpaired) electrons. The molecule has 1 nitrogen and oxygen atoms in total. The maximum absolute atomic E-state index is 6.61. The van der Waals surface area contributed by atoms with Crippen molar-refractivity contribution in [3.05, 3.63) is 192 Å². The molecular formula is C41H28O. The molecule has 0 saturated heterocycles. The van der Waals surface area contributed by atoms with Gasteiger partial charge >= 0.3 is 0 Å². The van der Waals surface area contributed by atoms with E-state index in [1.807, 2.05) is 0 Å². The minimum absolute atomic E-state index is 0.532. The van der Waals surface area contributed by atoms with Gasteiger partial charge in [-0.25, -0.2) is 0 Å². The number of ether oxygens (including phenoxy) is 1. The fraction of sp³-hybridized carbons (Fsp3) is 0.0244. The molecule has 0 amide bonds. The number of benzene rings is 7. The van der Waals surface area contributed by atoms with Crippen molar-refractivity contribution >= 4 is 10.8 Å². The number of hydrogen-bond acceptors (Lipinski definition) is 1. The molecule has 0 aromatic heterocycles. The minimum atomic E-state index is -0.532. The number of hydrogen-bond donors (Lipinski definition) is 0. The highest BCUT2D eigenvalue weighted by Gasteiger charge is 2.45. The Morgan fingerprint density at radius 2 is 0.976 bits per heavy atom. The van der Waals surface area contributed by atoms with Crippen LogP contribution in [-0.4, -0.2) is 0 Å². The molecule has 0 saturated carbocycles. The van der Waals surface area contributed by atoms with Gasteiger partial charge in [-0.2, -0.15) is 0 Å². The van der Waals surface area contributed by atoms with Gasteiger partial charge in [0.15, 0.2) is 0 Å². The van der Waals surface area contributed by atoms with Crippen molar-refractivity contribution in [3.63, 3.8) is 0 Å². The van der Waals surface area contributed by atoms with Gasteiger partial charge in [-0.15, -0.1) is 0 Å². The first-order valence-corrected chi connectivity index (χ1v) is 14.4. The van der Waals surface area contributed by atoms with Crippen LogP contribution < -0.4 is 4.74 Å². The molecule has 7 aromatic carbocycles. The molecule has 0 spiro atoms. The lowest BCUT2D eigenvalue weighted by atomic mass is 9.63. The van der Waals surface area contributed by atoms with Crippen LogP contribution >= 0.6 is 0 Å². The number of para-hydroxylation sites is 1. The van der Waals surface area contributed by atoms with Crippen LogP contribution in [0, 0.1) is 0 Å². The minimum Gasteiger partial charge on any atom is -0.457 e. The molecule has 7 aromatic rings. The van der Waals surface area contributed by atoms with E-state index in [1.54, 1.807) is 0 Å². The van der Waals surface area contributed by atoms with Gasteiger partial charge in [-0.1, -0.05) is 146 Å².